The van der Waals surface area contributed by atoms with Crippen LogP contribution in [-0.2, 0) is 13.6 Å². The molecule has 0 aliphatic rings. The molecular formula is C18H16N6. The lowest BCUT2D eigenvalue weighted by Gasteiger charge is -2.03. The van der Waals surface area contributed by atoms with E-state index in [1.54, 1.807) is 4.68 Å². The van der Waals surface area contributed by atoms with Crippen LogP contribution in [0.15, 0.2) is 67.0 Å². The van der Waals surface area contributed by atoms with Crippen molar-refractivity contribution in [3.63, 3.8) is 0 Å². The molecule has 2 aromatic carbocycles. The number of benzene rings is 2. The molecule has 0 aliphatic carbocycles. The van der Waals surface area contributed by atoms with E-state index in [-0.39, 0.29) is 0 Å². The van der Waals surface area contributed by atoms with Crippen molar-refractivity contribution in [2.45, 2.75) is 6.54 Å². The Balaban J connectivity index is 1.62. The van der Waals surface area contributed by atoms with Crippen LogP contribution in [0.25, 0.3) is 22.5 Å². The fraction of sp³-hybridized carbons (Fsp3) is 0.111. The highest BCUT2D eigenvalue weighted by Gasteiger charge is 2.08. The van der Waals surface area contributed by atoms with E-state index in [9.17, 15) is 0 Å². The van der Waals surface area contributed by atoms with E-state index in [2.05, 4.69) is 51.1 Å². The summed E-state index contributed by atoms with van der Waals surface area (Å²) >= 11 is 0. The lowest BCUT2D eigenvalue weighted by molar-refractivity contribution is 0.687. The zero-order valence-corrected chi connectivity index (χ0v) is 13.2. The van der Waals surface area contributed by atoms with Gasteiger partial charge in [-0.3, -0.25) is 4.68 Å². The van der Waals surface area contributed by atoms with Crippen LogP contribution in [0.4, 0.5) is 0 Å². The molecule has 24 heavy (non-hydrogen) atoms. The third-order valence-electron chi connectivity index (χ3n) is 3.89. The molecule has 0 radical (unpaired) electrons. The molecule has 4 rings (SSSR count). The SMILES string of the molecule is Cn1nnnc1-c1cccc(-c2cnn(Cc3ccccc3)c2)c1. The van der Waals surface area contributed by atoms with Gasteiger partial charge in [0.25, 0.3) is 0 Å². The molecule has 118 valence electrons. The fourth-order valence-electron chi connectivity index (χ4n) is 2.68. The van der Waals surface area contributed by atoms with Gasteiger partial charge in [-0.1, -0.05) is 48.5 Å². The van der Waals surface area contributed by atoms with Crippen molar-refractivity contribution in [3.8, 4) is 22.5 Å². The van der Waals surface area contributed by atoms with Gasteiger partial charge < -0.3 is 0 Å². The second-order valence-corrected chi connectivity index (χ2v) is 5.62. The highest BCUT2D eigenvalue weighted by molar-refractivity contribution is 5.69. The fourth-order valence-corrected chi connectivity index (χ4v) is 2.68. The Bertz CT molecular complexity index is 954. The van der Waals surface area contributed by atoms with Gasteiger partial charge in [-0.25, -0.2) is 4.68 Å². The van der Waals surface area contributed by atoms with Gasteiger partial charge in [-0.05, 0) is 27.6 Å². The largest absolute Gasteiger partial charge is 0.268 e. The van der Waals surface area contributed by atoms with Crippen molar-refractivity contribution in [2.75, 3.05) is 0 Å². The standard InChI is InChI=1S/C18H16N6/c1-23-18(20-21-22-23)16-9-5-8-15(10-16)17-11-19-24(13-17)12-14-6-3-2-4-7-14/h2-11,13H,12H2,1H3. The van der Waals surface area contributed by atoms with E-state index in [1.807, 2.05) is 48.3 Å². The van der Waals surface area contributed by atoms with Crippen molar-refractivity contribution >= 4 is 0 Å². The summed E-state index contributed by atoms with van der Waals surface area (Å²) in [5.41, 5.74) is 4.37. The van der Waals surface area contributed by atoms with Gasteiger partial charge in [0, 0.05) is 24.4 Å². The summed E-state index contributed by atoms with van der Waals surface area (Å²) in [4.78, 5) is 0. The molecule has 0 saturated carbocycles. The first-order chi connectivity index (χ1) is 11.8. The van der Waals surface area contributed by atoms with Gasteiger partial charge in [0.05, 0.1) is 12.7 Å². The average molecular weight is 316 g/mol. The molecule has 0 saturated heterocycles. The van der Waals surface area contributed by atoms with Crippen molar-refractivity contribution in [3.05, 3.63) is 72.6 Å². The summed E-state index contributed by atoms with van der Waals surface area (Å²) in [5, 5.41) is 16.1. The maximum absolute atomic E-state index is 4.47. The molecule has 2 aromatic heterocycles. The van der Waals surface area contributed by atoms with Crippen LogP contribution < -0.4 is 0 Å². The monoisotopic (exact) mass is 316 g/mol. The predicted octanol–water partition coefficient (Wildman–Crippen LogP) is 2.79. The molecule has 0 spiro atoms. The minimum absolute atomic E-state index is 0.744. The van der Waals surface area contributed by atoms with Crippen molar-refractivity contribution < 1.29 is 0 Å². The van der Waals surface area contributed by atoms with Crippen LogP contribution in [0, 0.1) is 0 Å². The van der Waals surface area contributed by atoms with Crippen molar-refractivity contribution in [1.29, 1.82) is 0 Å². The second-order valence-electron chi connectivity index (χ2n) is 5.62. The Labute approximate surface area is 139 Å². The van der Waals surface area contributed by atoms with Gasteiger partial charge in [0.2, 0.25) is 0 Å². The molecule has 6 heteroatoms. The zero-order valence-electron chi connectivity index (χ0n) is 13.2. The zero-order chi connectivity index (χ0) is 16.4. The third kappa shape index (κ3) is 2.81. The lowest BCUT2D eigenvalue weighted by atomic mass is 10.1. The molecule has 2 heterocycles. The highest BCUT2D eigenvalue weighted by atomic mass is 15.5. The van der Waals surface area contributed by atoms with E-state index in [0.29, 0.717) is 0 Å². The quantitative estimate of drug-likeness (QED) is 0.581. The van der Waals surface area contributed by atoms with E-state index < -0.39 is 0 Å². The smallest absolute Gasteiger partial charge is 0.181 e. The minimum atomic E-state index is 0.744. The summed E-state index contributed by atoms with van der Waals surface area (Å²) in [5.74, 6) is 0.744. The Morgan fingerprint density at radius 3 is 2.54 bits per heavy atom. The highest BCUT2D eigenvalue weighted by Crippen LogP contribution is 2.24. The first-order valence-corrected chi connectivity index (χ1v) is 7.69. The van der Waals surface area contributed by atoms with Gasteiger partial charge in [-0.2, -0.15) is 5.10 Å². The molecule has 4 aromatic rings. The van der Waals surface area contributed by atoms with E-state index in [1.165, 1.54) is 5.56 Å². The van der Waals surface area contributed by atoms with Gasteiger partial charge >= 0.3 is 0 Å². The normalized spacial score (nSPS) is 10.9. The first kappa shape index (κ1) is 14.3. The Morgan fingerprint density at radius 2 is 1.75 bits per heavy atom. The Hall–Kier alpha value is -3.28. The van der Waals surface area contributed by atoms with Crippen molar-refractivity contribution in [1.82, 2.24) is 30.0 Å². The number of hydrogen-bond acceptors (Lipinski definition) is 4. The van der Waals surface area contributed by atoms with E-state index >= 15 is 0 Å². The van der Waals surface area contributed by atoms with Crippen LogP contribution in [0.3, 0.4) is 0 Å². The second kappa shape index (κ2) is 6.08. The number of aromatic nitrogens is 6. The topological polar surface area (TPSA) is 61.4 Å². The van der Waals surface area contributed by atoms with Gasteiger partial charge in [-0.15, -0.1) is 5.10 Å². The Morgan fingerprint density at radius 1 is 0.917 bits per heavy atom. The Kier molecular flexibility index (Phi) is 3.63. The molecule has 0 aliphatic heterocycles. The van der Waals surface area contributed by atoms with E-state index in [0.717, 1.165) is 29.1 Å². The molecule has 0 bridgehead atoms. The maximum Gasteiger partial charge on any atom is 0.181 e. The van der Waals surface area contributed by atoms with Crippen molar-refractivity contribution in [2.24, 2.45) is 7.05 Å². The van der Waals surface area contributed by atoms with Crippen LogP contribution in [-0.4, -0.2) is 30.0 Å². The van der Waals surface area contributed by atoms with Gasteiger partial charge in [0.1, 0.15) is 0 Å². The average Bonchev–Trinajstić information content (AvgIpc) is 3.25. The summed E-state index contributed by atoms with van der Waals surface area (Å²) < 4.78 is 3.61. The molecule has 0 N–H and O–H groups in total. The van der Waals surface area contributed by atoms with Crippen LogP contribution >= 0.6 is 0 Å². The number of aryl methyl sites for hydroxylation is 1. The van der Waals surface area contributed by atoms with Gasteiger partial charge in [0.15, 0.2) is 5.82 Å². The molecule has 6 nitrogen and oxygen atoms in total. The molecule has 0 atom stereocenters. The number of tetrazole rings is 1. The molecule has 0 unspecified atom stereocenters. The summed E-state index contributed by atoms with van der Waals surface area (Å²) in [6, 6.07) is 18.5. The summed E-state index contributed by atoms with van der Waals surface area (Å²) in [6.45, 7) is 0.758. The van der Waals surface area contributed by atoms with Crippen LogP contribution in [0.2, 0.25) is 0 Å². The first-order valence-electron chi connectivity index (χ1n) is 7.69. The summed E-state index contributed by atoms with van der Waals surface area (Å²) in [7, 11) is 1.83. The number of rotatable bonds is 4. The molecule has 0 fully saturated rings. The lowest BCUT2D eigenvalue weighted by Crippen LogP contribution is -1.99. The van der Waals surface area contributed by atoms with Crippen LogP contribution in [0.5, 0.6) is 0 Å². The predicted molar refractivity (Wildman–Crippen MR) is 91.0 cm³/mol. The maximum atomic E-state index is 4.47. The molecule has 0 amide bonds. The number of nitrogens with zero attached hydrogens (tertiary/aromatic N) is 6. The van der Waals surface area contributed by atoms with E-state index in [4.69, 9.17) is 0 Å². The molecular weight excluding hydrogens is 300 g/mol. The third-order valence-corrected chi connectivity index (χ3v) is 3.89. The number of hydrogen-bond donors (Lipinski definition) is 0. The minimum Gasteiger partial charge on any atom is -0.268 e. The van der Waals surface area contributed by atoms with Crippen LogP contribution in [0.1, 0.15) is 5.56 Å². The summed E-state index contributed by atoms with van der Waals surface area (Å²) in [6.07, 6.45) is 3.94.